The fourth-order valence-corrected chi connectivity index (χ4v) is 4.42. The van der Waals surface area contributed by atoms with Gasteiger partial charge < -0.3 is 30.0 Å². The van der Waals surface area contributed by atoms with Crippen LogP contribution < -0.4 is 10.6 Å². The predicted octanol–water partition coefficient (Wildman–Crippen LogP) is 2.29. The van der Waals surface area contributed by atoms with Crippen molar-refractivity contribution in [3.8, 4) is 11.1 Å². The fraction of sp³-hybridized carbons (Fsp3) is 0.400. The van der Waals surface area contributed by atoms with Crippen molar-refractivity contribution in [2.24, 2.45) is 0 Å². The number of alkyl carbamates (subject to hydrolysis) is 1. The fourth-order valence-electron chi connectivity index (χ4n) is 4.42. The molecule has 0 spiro atoms. The van der Waals surface area contributed by atoms with E-state index in [0.29, 0.717) is 12.8 Å². The molecule has 3 N–H and O–H groups in total. The Morgan fingerprint density at radius 1 is 0.971 bits per heavy atom. The van der Waals surface area contributed by atoms with Gasteiger partial charge >= 0.3 is 12.1 Å². The second-order valence-corrected chi connectivity index (χ2v) is 8.27. The zero-order chi connectivity index (χ0) is 23.9. The number of nitrogens with one attached hydrogen (secondary N) is 2. The van der Waals surface area contributed by atoms with Crippen LogP contribution in [0.1, 0.15) is 29.9 Å². The zero-order valence-corrected chi connectivity index (χ0v) is 18.7. The summed E-state index contributed by atoms with van der Waals surface area (Å²) in [6.45, 7) is 0.397. The Balaban J connectivity index is 1.18. The molecule has 2 unspecified atom stereocenters. The zero-order valence-electron chi connectivity index (χ0n) is 18.7. The van der Waals surface area contributed by atoms with Crippen LogP contribution in [0.3, 0.4) is 0 Å². The summed E-state index contributed by atoms with van der Waals surface area (Å²) < 4.78 is 16.1. The van der Waals surface area contributed by atoms with E-state index < -0.39 is 24.8 Å². The molecule has 2 atom stereocenters. The van der Waals surface area contributed by atoms with Crippen molar-refractivity contribution in [1.29, 1.82) is 0 Å². The predicted molar refractivity (Wildman–Crippen MR) is 122 cm³/mol. The van der Waals surface area contributed by atoms with Crippen LogP contribution in [0, 0.1) is 0 Å². The lowest BCUT2D eigenvalue weighted by Gasteiger charge is -2.16. The highest BCUT2D eigenvalue weighted by Crippen LogP contribution is 2.44. The van der Waals surface area contributed by atoms with Gasteiger partial charge in [-0.05, 0) is 35.1 Å². The van der Waals surface area contributed by atoms with E-state index in [-0.39, 0.29) is 44.2 Å². The molecule has 2 aliphatic rings. The molecule has 2 amide bonds. The van der Waals surface area contributed by atoms with Crippen molar-refractivity contribution in [1.82, 2.24) is 10.6 Å². The maximum Gasteiger partial charge on any atom is 0.407 e. The number of ether oxygens (including phenoxy) is 3. The number of amides is 2. The van der Waals surface area contributed by atoms with Gasteiger partial charge in [-0.25, -0.2) is 9.59 Å². The number of carbonyl (C=O) groups is 3. The summed E-state index contributed by atoms with van der Waals surface area (Å²) in [4.78, 5) is 34.9. The first-order valence-corrected chi connectivity index (χ1v) is 11.3. The summed E-state index contributed by atoms with van der Waals surface area (Å²) in [6.07, 6.45) is -0.224. The molecule has 1 aliphatic carbocycles. The van der Waals surface area contributed by atoms with Gasteiger partial charge in [-0.15, -0.1) is 0 Å². The van der Waals surface area contributed by atoms with Crippen molar-refractivity contribution in [3.63, 3.8) is 0 Å². The van der Waals surface area contributed by atoms with Crippen LogP contribution in [0.4, 0.5) is 4.79 Å². The highest BCUT2D eigenvalue weighted by atomic mass is 16.6. The van der Waals surface area contributed by atoms with E-state index >= 15 is 0 Å². The largest absolute Gasteiger partial charge is 0.480 e. The van der Waals surface area contributed by atoms with Crippen LogP contribution in [0.15, 0.2) is 48.5 Å². The summed E-state index contributed by atoms with van der Waals surface area (Å²) in [7, 11) is 0. The van der Waals surface area contributed by atoms with Crippen LogP contribution in [-0.2, 0) is 23.8 Å². The van der Waals surface area contributed by atoms with Gasteiger partial charge in [0.1, 0.15) is 19.3 Å². The van der Waals surface area contributed by atoms with Gasteiger partial charge in [0.25, 0.3) is 0 Å². The first-order chi connectivity index (χ1) is 16.5. The highest BCUT2D eigenvalue weighted by molar-refractivity contribution is 5.81. The van der Waals surface area contributed by atoms with Gasteiger partial charge in [-0.2, -0.15) is 0 Å². The lowest BCUT2D eigenvalue weighted by atomic mass is 9.98. The van der Waals surface area contributed by atoms with E-state index in [4.69, 9.17) is 19.3 Å². The van der Waals surface area contributed by atoms with E-state index in [0.717, 1.165) is 11.1 Å². The second kappa shape index (κ2) is 11.1. The average Bonchev–Trinajstić information content (AvgIpc) is 3.44. The molecule has 0 radical (unpaired) electrons. The van der Waals surface area contributed by atoms with Crippen LogP contribution in [-0.4, -0.2) is 68.2 Å². The number of hydrogen-bond acceptors (Lipinski definition) is 6. The number of fused-ring (bicyclic) bond motifs is 3. The second-order valence-electron chi connectivity index (χ2n) is 8.27. The van der Waals surface area contributed by atoms with Gasteiger partial charge in [0.2, 0.25) is 5.91 Å². The lowest BCUT2D eigenvalue weighted by molar-refractivity contribution is -0.142. The third-order valence-corrected chi connectivity index (χ3v) is 5.99. The summed E-state index contributed by atoms with van der Waals surface area (Å²) in [5.74, 6) is -1.34. The number of hydrogen-bond donors (Lipinski definition) is 3. The molecule has 2 aromatic rings. The molecule has 1 heterocycles. The van der Waals surface area contributed by atoms with Crippen LogP contribution in [0.25, 0.3) is 11.1 Å². The molecule has 1 aliphatic heterocycles. The molecular weight excluding hydrogens is 440 g/mol. The first-order valence-electron chi connectivity index (χ1n) is 11.3. The normalized spacial score (nSPS) is 18.7. The Hall–Kier alpha value is -3.43. The number of benzene rings is 2. The molecule has 0 saturated carbocycles. The summed E-state index contributed by atoms with van der Waals surface area (Å²) in [5.41, 5.74) is 4.64. The van der Waals surface area contributed by atoms with Gasteiger partial charge in [0.15, 0.2) is 0 Å². The number of carbonyl (C=O) groups excluding carboxylic acids is 2. The summed E-state index contributed by atoms with van der Waals surface area (Å²) in [6, 6.07) is 16.3. The van der Waals surface area contributed by atoms with Gasteiger partial charge in [-0.3, -0.25) is 4.79 Å². The van der Waals surface area contributed by atoms with Crippen LogP contribution >= 0.6 is 0 Å². The molecule has 34 heavy (non-hydrogen) atoms. The third-order valence-electron chi connectivity index (χ3n) is 5.99. The van der Waals surface area contributed by atoms with E-state index in [1.165, 1.54) is 11.1 Å². The van der Waals surface area contributed by atoms with Crippen LogP contribution in [0.2, 0.25) is 0 Å². The maximum absolute atomic E-state index is 12.3. The molecule has 1 saturated heterocycles. The topological polar surface area (TPSA) is 123 Å². The number of carboxylic acids is 1. The SMILES string of the molecule is O=C(O)COCCNC(=O)C1CCC(CNC(=O)OCC2c3ccccc3-c3ccccc32)O1. The molecule has 0 aromatic heterocycles. The minimum absolute atomic E-state index is 0.00608. The quantitative estimate of drug-likeness (QED) is 0.457. The first kappa shape index (κ1) is 23.7. The third kappa shape index (κ3) is 5.73. The molecule has 0 bridgehead atoms. The van der Waals surface area contributed by atoms with E-state index in [1.807, 2.05) is 24.3 Å². The van der Waals surface area contributed by atoms with E-state index in [2.05, 4.69) is 34.9 Å². The molecule has 2 aromatic carbocycles. The number of rotatable bonds is 10. The summed E-state index contributed by atoms with van der Waals surface area (Å²) in [5, 5.41) is 13.9. The van der Waals surface area contributed by atoms with Gasteiger partial charge in [0, 0.05) is 19.0 Å². The molecule has 9 nitrogen and oxygen atoms in total. The van der Waals surface area contributed by atoms with Gasteiger partial charge in [0.05, 0.1) is 12.7 Å². The minimum Gasteiger partial charge on any atom is -0.480 e. The number of aliphatic carboxylic acids is 1. The lowest BCUT2D eigenvalue weighted by Crippen LogP contribution is -2.38. The molecular formula is C25H28N2O7. The van der Waals surface area contributed by atoms with Gasteiger partial charge in [-0.1, -0.05) is 48.5 Å². The Bertz CT molecular complexity index is 996. The van der Waals surface area contributed by atoms with E-state index in [1.54, 1.807) is 0 Å². The van der Waals surface area contributed by atoms with Crippen molar-refractivity contribution in [2.75, 3.05) is 32.9 Å². The standard InChI is InChI=1S/C25H28N2O7/c28-23(29)15-32-12-11-26-24(30)22-10-9-16(34-22)13-27-25(31)33-14-21-19-7-3-1-5-17(19)18-6-2-4-8-20(18)21/h1-8,16,21-22H,9-15H2,(H,26,30)(H,27,31)(H,28,29). The smallest absolute Gasteiger partial charge is 0.407 e. The highest BCUT2D eigenvalue weighted by Gasteiger charge is 2.31. The minimum atomic E-state index is -1.06. The Labute approximate surface area is 197 Å². The Morgan fingerprint density at radius 2 is 1.65 bits per heavy atom. The summed E-state index contributed by atoms with van der Waals surface area (Å²) >= 11 is 0. The van der Waals surface area contributed by atoms with Crippen LogP contribution in [0.5, 0.6) is 0 Å². The average molecular weight is 469 g/mol. The van der Waals surface area contributed by atoms with Crippen molar-refractivity contribution < 1.29 is 33.7 Å². The monoisotopic (exact) mass is 468 g/mol. The molecule has 9 heteroatoms. The Morgan fingerprint density at radius 3 is 2.32 bits per heavy atom. The van der Waals surface area contributed by atoms with Crippen molar-refractivity contribution in [3.05, 3.63) is 59.7 Å². The molecule has 4 rings (SSSR count). The maximum atomic E-state index is 12.3. The van der Waals surface area contributed by atoms with Crippen molar-refractivity contribution in [2.45, 2.75) is 31.0 Å². The Kier molecular flexibility index (Phi) is 7.76. The van der Waals surface area contributed by atoms with Crippen molar-refractivity contribution >= 4 is 18.0 Å². The van der Waals surface area contributed by atoms with E-state index in [9.17, 15) is 14.4 Å². The number of carboxylic acid groups (broad SMARTS) is 1. The molecule has 180 valence electrons. The molecule has 1 fully saturated rings.